The van der Waals surface area contributed by atoms with Crippen LogP contribution >= 0.6 is 11.3 Å². The number of hydrogen-bond acceptors (Lipinski definition) is 5. The number of piperidine rings is 1. The van der Waals surface area contributed by atoms with Gasteiger partial charge >= 0.3 is 0 Å². The Balaban J connectivity index is 2.38. The lowest BCUT2D eigenvalue weighted by atomic mass is 9.92. The Morgan fingerprint density at radius 3 is 2.42 bits per heavy atom. The maximum atomic E-state index is 11.4. The van der Waals surface area contributed by atoms with Gasteiger partial charge in [-0.3, -0.25) is 4.79 Å². The van der Waals surface area contributed by atoms with Crippen molar-refractivity contribution in [3.63, 3.8) is 0 Å². The lowest BCUT2D eigenvalue weighted by Crippen LogP contribution is -2.38. The number of nitrogens with zero attached hydrogens (tertiary/aromatic N) is 1. The van der Waals surface area contributed by atoms with E-state index in [1.165, 1.54) is 17.8 Å². The van der Waals surface area contributed by atoms with Crippen molar-refractivity contribution >= 4 is 27.9 Å². The third kappa shape index (κ3) is 2.63. The highest BCUT2D eigenvalue weighted by Gasteiger charge is 2.28. The van der Waals surface area contributed by atoms with Crippen LogP contribution in [0, 0.1) is 11.8 Å². The molecule has 4 N–H and O–H groups in total. The van der Waals surface area contributed by atoms with Crippen LogP contribution in [0.4, 0.5) is 10.7 Å². The van der Waals surface area contributed by atoms with E-state index in [4.69, 9.17) is 16.2 Å². The number of hydrogen-bond donors (Lipinski definition) is 2. The molecule has 1 amide bonds. The highest BCUT2D eigenvalue weighted by Crippen LogP contribution is 2.45. The minimum atomic E-state index is -0.495. The van der Waals surface area contributed by atoms with Crippen molar-refractivity contribution in [3.05, 3.63) is 4.88 Å². The van der Waals surface area contributed by atoms with Gasteiger partial charge in [0.15, 0.2) is 5.75 Å². The van der Waals surface area contributed by atoms with Gasteiger partial charge in [0.05, 0.1) is 7.11 Å². The Kier molecular flexibility index (Phi) is 3.89. The average molecular weight is 283 g/mol. The smallest absolute Gasteiger partial charge is 0.261 e. The number of rotatable bonds is 3. The molecule has 2 rings (SSSR count). The number of nitrogens with two attached hydrogens (primary N) is 2. The molecular formula is C13H21N3O2S. The first-order valence-corrected chi connectivity index (χ1v) is 7.26. The summed E-state index contributed by atoms with van der Waals surface area (Å²) in [6.07, 6.45) is 1.22. The van der Waals surface area contributed by atoms with Crippen LogP contribution in [0.2, 0.25) is 0 Å². The molecule has 0 bridgehead atoms. The van der Waals surface area contributed by atoms with Gasteiger partial charge in [-0.1, -0.05) is 13.8 Å². The highest BCUT2D eigenvalue weighted by molar-refractivity contribution is 7.19. The van der Waals surface area contributed by atoms with E-state index in [1.807, 2.05) is 0 Å². The summed E-state index contributed by atoms with van der Waals surface area (Å²) in [7, 11) is 1.57. The van der Waals surface area contributed by atoms with E-state index in [0.29, 0.717) is 28.1 Å². The zero-order valence-corrected chi connectivity index (χ0v) is 12.4. The second-order valence-corrected chi connectivity index (χ2v) is 6.40. The SMILES string of the molecule is COc1c(N2CC(C)CC(C)C2)sc(C(N)=O)c1N. The third-order valence-corrected chi connectivity index (χ3v) is 4.73. The van der Waals surface area contributed by atoms with E-state index in [0.717, 1.165) is 18.1 Å². The summed E-state index contributed by atoms with van der Waals surface area (Å²) >= 11 is 1.33. The Morgan fingerprint density at radius 2 is 1.95 bits per heavy atom. The summed E-state index contributed by atoms with van der Waals surface area (Å²) in [5, 5.41) is 0.923. The number of anilines is 2. The van der Waals surface area contributed by atoms with Crippen LogP contribution in [-0.2, 0) is 0 Å². The van der Waals surface area contributed by atoms with Crippen molar-refractivity contribution in [1.82, 2.24) is 0 Å². The molecule has 1 saturated heterocycles. The lowest BCUT2D eigenvalue weighted by Gasteiger charge is -2.35. The van der Waals surface area contributed by atoms with Crippen molar-refractivity contribution in [3.8, 4) is 5.75 Å². The third-order valence-electron chi connectivity index (χ3n) is 3.47. The summed E-state index contributed by atoms with van der Waals surface area (Å²) in [6, 6.07) is 0. The van der Waals surface area contributed by atoms with Crippen LogP contribution in [0.25, 0.3) is 0 Å². The molecule has 2 atom stereocenters. The first-order chi connectivity index (χ1) is 8.93. The van der Waals surface area contributed by atoms with E-state index >= 15 is 0 Å². The molecule has 1 aromatic rings. The van der Waals surface area contributed by atoms with Gasteiger partial charge in [-0.2, -0.15) is 0 Å². The predicted octanol–water partition coefficient (Wildman–Crippen LogP) is 1.92. The van der Waals surface area contributed by atoms with E-state index < -0.39 is 5.91 Å². The van der Waals surface area contributed by atoms with Crippen molar-refractivity contribution < 1.29 is 9.53 Å². The van der Waals surface area contributed by atoms with E-state index in [9.17, 15) is 4.79 Å². The number of carbonyl (C=O) groups excluding carboxylic acids is 1. The summed E-state index contributed by atoms with van der Waals surface area (Å²) < 4.78 is 5.37. The first-order valence-electron chi connectivity index (χ1n) is 6.45. The molecule has 2 unspecified atom stereocenters. The molecule has 6 heteroatoms. The number of methoxy groups -OCH3 is 1. The van der Waals surface area contributed by atoms with E-state index in [1.54, 1.807) is 7.11 Å². The number of ether oxygens (including phenoxy) is 1. The number of primary amides is 1. The van der Waals surface area contributed by atoms with Gasteiger partial charge in [-0.15, -0.1) is 11.3 Å². The molecule has 2 heterocycles. The van der Waals surface area contributed by atoms with Crippen LogP contribution in [0.15, 0.2) is 0 Å². The monoisotopic (exact) mass is 283 g/mol. The Bertz CT molecular complexity index is 476. The van der Waals surface area contributed by atoms with Crippen LogP contribution in [0.1, 0.15) is 29.9 Å². The molecule has 106 valence electrons. The minimum Gasteiger partial charge on any atom is -0.492 e. The maximum absolute atomic E-state index is 11.4. The van der Waals surface area contributed by atoms with Crippen molar-refractivity contribution in [2.45, 2.75) is 20.3 Å². The normalized spacial score (nSPS) is 23.4. The van der Waals surface area contributed by atoms with Gasteiger partial charge in [-0.25, -0.2) is 0 Å². The fraction of sp³-hybridized carbons (Fsp3) is 0.615. The molecule has 5 nitrogen and oxygen atoms in total. The number of thiophene rings is 1. The lowest BCUT2D eigenvalue weighted by molar-refractivity contribution is 0.100. The fourth-order valence-electron chi connectivity index (χ4n) is 2.83. The van der Waals surface area contributed by atoms with E-state index in [-0.39, 0.29) is 0 Å². The number of carbonyl (C=O) groups is 1. The fourth-order valence-corrected chi connectivity index (χ4v) is 3.89. The summed E-state index contributed by atoms with van der Waals surface area (Å²) in [5.41, 5.74) is 11.7. The second-order valence-electron chi connectivity index (χ2n) is 5.40. The Labute approximate surface area is 117 Å². The summed E-state index contributed by atoms with van der Waals surface area (Å²) in [6.45, 7) is 6.39. The van der Waals surface area contributed by atoms with Crippen LogP contribution in [0.5, 0.6) is 5.75 Å². The van der Waals surface area contributed by atoms with Gasteiger partial charge in [0.25, 0.3) is 5.91 Å². The van der Waals surface area contributed by atoms with Gasteiger partial charge < -0.3 is 21.1 Å². The van der Waals surface area contributed by atoms with Gasteiger partial charge in [-0.05, 0) is 18.3 Å². The van der Waals surface area contributed by atoms with Gasteiger partial charge in [0, 0.05) is 13.1 Å². The topological polar surface area (TPSA) is 81.6 Å². The molecular weight excluding hydrogens is 262 g/mol. The second kappa shape index (κ2) is 5.28. The molecule has 1 aliphatic heterocycles. The van der Waals surface area contributed by atoms with Gasteiger partial charge in [0.1, 0.15) is 15.6 Å². The van der Waals surface area contributed by atoms with Crippen LogP contribution in [-0.4, -0.2) is 26.1 Å². The molecule has 1 fully saturated rings. The van der Waals surface area contributed by atoms with Crippen molar-refractivity contribution in [2.24, 2.45) is 17.6 Å². The summed E-state index contributed by atoms with van der Waals surface area (Å²) in [4.78, 5) is 14.0. The first kappa shape index (κ1) is 14.0. The average Bonchev–Trinajstić information content (AvgIpc) is 2.65. The van der Waals surface area contributed by atoms with Crippen LogP contribution in [0.3, 0.4) is 0 Å². The molecule has 1 aromatic heterocycles. The largest absolute Gasteiger partial charge is 0.492 e. The minimum absolute atomic E-state index is 0.362. The van der Waals surface area contributed by atoms with Crippen molar-refractivity contribution in [2.75, 3.05) is 30.8 Å². The maximum Gasteiger partial charge on any atom is 0.261 e. The molecule has 0 aliphatic carbocycles. The molecule has 0 saturated carbocycles. The molecule has 0 radical (unpaired) electrons. The predicted molar refractivity (Wildman–Crippen MR) is 79.0 cm³/mol. The van der Waals surface area contributed by atoms with E-state index in [2.05, 4.69) is 18.7 Å². The quantitative estimate of drug-likeness (QED) is 0.888. The zero-order valence-electron chi connectivity index (χ0n) is 11.6. The molecule has 19 heavy (non-hydrogen) atoms. The number of amides is 1. The highest BCUT2D eigenvalue weighted by atomic mass is 32.1. The summed E-state index contributed by atoms with van der Waals surface area (Å²) in [5.74, 6) is 1.33. The molecule has 0 aromatic carbocycles. The molecule has 1 aliphatic rings. The van der Waals surface area contributed by atoms with Crippen LogP contribution < -0.4 is 21.1 Å². The number of nitrogen functional groups attached to an aromatic ring is 1. The zero-order chi connectivity index (χ0) is 14.2. The Morgan fingerprint density at radius 1 is 1.37 bits per heavy atom. The van der Waals surface area contributed by atoms with Gasteiger partial charge in [0.2, 0.25) is 0 Å². The molecule has 0 spiro atoms. The standard InChI is InChI=1S/C13H21N3O2S/c1-7-4-8(2)6-16(5-7)13-10(18-3)9(14)11(19-13)12(15)17/h7-8H,4-6,14H2,1-3H3,(H2,15,17). The Hall–Kier alpha value is -1.43. The van der Waals surface area contributed by atoms with Crippen molar-refractivity contribution in [1.29, 1.82) is 0 Å².